The van der Waals surface area contributed by atoms with Crippen molar-refractivity contribution >= 4 is 11.7 Å². The highest BCUT2D eigenvalue weighted by atomic mass is 16.4. The summed E-state index contributed by atoms with van der Waals surface area (Å²) < 4.78 is 0. The molecule has 1 rings (SSSR count). The number of carbonyl (C=O) groups is 1. The Labute approximate surface area is 89.3 Å². The molecular formula is C12H13NO2. The fraction of sp³-hybridized carbons (Fsp3) is 0.250. The molecule has 1 aromatic rings. The Kier molecular flexibility index (Phi) is 3.35. The highest BCUT2D eigenvalue weighted by molar-refractivity contribution is 5.89. The van der Waals surface area contributed by atoms with Gasteiger partial charge in [0.05, 0.1) is 12.1 Å². The number of aromatic carboxylic acids is 1. The molecule has 0 spiro atoms. The molecule has 0 saturated heterocycles. The molecule has 3 heteroatoms. The van der Waals surface area contributed by atoms with Crippen molar-refractivity contribution in [1.29, 1.82) is 0 Å². The lowest BCUT2D eigenvalue weighted by Gasteiger charge is -2.17. The van der Waals surface area contributed by atoms with E-state index in [2.05, 4.69) is 5.92 Å². The molecule has 0 aliphatic carbocycles. The standard InChI is InChI=1S/C12H13NO2/c1-4-7-13(3)10-5-6-11(12(14)15)9(2)8-10/h1,5-6,8H,7H2,2-3H3,(H,14,15). The van der Waals surface area contributed by atoms with Crippen LogP contribution in [0.15, 0.2) is 18.2 Å². The van der Waals surface area contributed by atoms with Gasteiger partial charge in [-0.05, 0) is 30.7 Å². The molecule has 0 aliphatic heterocycles. The van der Waals surface area contributed by atoms with Gasteiger partial charge < -0.3 is 10.0 Å². The quantitative estimate of drug-likeness (QED) is 0.761. The molecule has 0 radical (unpaired) electrons. The number of aryl methyl sites for hydroxylation is 1. The summed E-state index contributed by atoms with van der Waals surface area (Å²) in [5.41, 5.74) is 1.99. The largest absolute Gasteiger partial charge is 0.478 e. The maximum Gasteiger partial charge on any atom is 0.335 e. The van der Waals surface area contributed by atoms with Crippen LogP contribution in [0.1, 0.15) is 15.9 Å². The van der Waals surface area contributed by atoms with E-state index in [-0.39, 0.29) is 0 Å². The molecule has 0 bridgehead atoms. The Morgan fingerprint density at radius 2 is 2.27 bits per heavy atom. The fourth-order valence-corrected chi connectivity index (χ4v) is 1.35. The number of carboxylic acid groups (broad SMARTS) is 1. The maximum absolute atomic E-state index is 10.8. The highest BCUT2D eigenvalue weighted by Gasteiger charge is 2.08. The third-order valence-corrected chi connectivity index (χ3v) is 2.21. The van der Waals surface area contributed by atoms with Crippen LogP contribution in [0.5, 0.6) is 0 Å². The molecular weight excluding hydrogens is 190 g/mol. The minimum Gasteiger partial charge on any atom is -0.478 e. The number of hydrogen-bond donors (Lipinski definition) is 1. The van der Waals surface area contributed by atoms with Gasteiger partial charge in [-0.25, -0.2) is 4.79 Å². The zero-order chi connectivity index (χ0) is 11.4. The summed E-state index contributed by atoms with van der Waals surface area (Å²) >= 11 is 0. The maximum atomic E-state index is 10.8. The van der Waals surface area contributed by atoms with Crippen molar-refractivity contribution in [2.24, 2.45) is 0 Å². The Balaban J connectivity index is 3.02. The van der Waals surface area contributed by atoms with E-state index in [0.717, 1.165) is 11.3 Å². The summed E-state index contributed by atoms with van der Waals surface area (Å²) in [7, 11) is 1.87. The SMILES string of the molecule is C#CCN(C)c1ccc(C(=O)O)c(C)c1. The lowest BCUT2D eigenvalue weighted by Crippen LogP contribution is -2.17. The molecule has 0 heterocycles. The van der Waals surface area contributed by atoms with Crippen molar-refractivity contribution in [3.05, 3.63) is 29.3 Å². The minimum absolute atomic E-state index is 0.327. The number of anilines is 1. The van der Waals surface area contributed by atoms with Crippen LogP contribution in [-0.4, -0.2) is 24.7 Å². The average Bonchev–Trinajstić information content (AvgIpc) is 2.17. The smallest absolute Gasteiger partial charge is 0.335 e. The molecule has 0 fully saturated rings. The van der Waals surface area contributed by atoms with Gasteiger partial charge in [-0.3, -0.25) is 0 Å². The van der Waals surface area contributed by atoms with Crippen molar-refractivity contribution in [2.75, 3.05) is 18.5 Å². The van der Waals surface area contributed by atoms with Crippen LogP contribution in [0.3, 0.4) is 0 Å². The first-order valence-electron chi connectivity index (χ1n) is 4.55. The molecule has 0 amide bonds. The molecule has 1 aromatic carbocycles. The second-order valence-electron chi connectivity index (χ2n) is 3.36. The molecule has 0 atom stereocenters. The highest BCUT2D eigenvalue weighted by Crippen LogP contribution is 2.17. The van der Waals surface area contributed by atoms with Gasteiger partial charge in [0, 0.05) is 12.7 Å². The third-order valence-electron chi connectivity index (χ3n) is 2.21. The fourth-order valence-electron chi connectivity index (χ4n) is 1.35. The first kappa shape index (κ1) is 11.1. The average molecular weight is 203 g/mol. The van der Waals surface area contributed by atoms with Crippen LogP contribution in [0.4, 0.5) is 5.69 Å². The first-order valence-corrected chi connectivity index (χ1v) is 4.55. The summed E-state index contributed by atoms with van der Waals surface area (Å²) in [4.78, 5) is 12.7. The topological polar surface area (TPSA) is 40.5 Å². The van der Waals surface area contributed by atoms with Crippen LogP contribution >= 0.6 is 0 Å². The Morgan fingerprint density at radius 3 is 2.73 bits per heavy atom. The second kappa shape index (κ2) is 4.52. The number of terminal acetylenes is 1. The zero-order valence-electron chi connectivity index (χ0n) is 8.82. The molecule has 1 N–H and O–H groups in total. The number of carboxylic acids is 1. The molecule has 0 unspecified atom stereocenters. The van der Waals surface area contributed by atoms with Crippen LogP contribution in [0.25, 0.3) is 0 Å². The normalized spacial score (nSPS) is 9.40. The van der Waals surface area contributed by atoms with Gasteiger partial charge >= 0.3 is 5.97 Å². The molecule has 3 nitrogen and oxygen atoms in total. The number of nitrogens with zero attached hydrogens (tertiary/aromatic N) is 1. The van der Waals surface area contributed by atoms with Crippen LogP contribution < -0.4 is 4.90 Å². The van der Waals surface area contributed by atoms with Gasteiger partial charge in [-0.15, -0.1) is 6.42 Å². The molecule has 0 aromatic heterocycles. The predicted octanol–water partition coefficient (Wildman–Crippen LogP) is 1.76. The lowest BCUT2D eigenvalue weighted by molar-refractivity contribution is 0.0696. The summed E-state index contributed by atoms with van der Waals surface area (Å²) in [6.45, 7) is 2.28. The Morgan fingerprint density at radius 1 is 1.60 bits per heavy atom. The summed E-state index contributed by atoms with van der Waals surface area (Å²) in [6.07, 6.45) is 5.20. The molecule has 0 aliphatic rings. The first-order chi connectivity index (χ1) is 7.06. The predicted molar refractivity (Wildman–Crippen MR) is 60.2 cm³/mol. The van der Waals surface area contributed by atoms with Gasteiger partial charge in [0.15, 0.2) is 0 Å². The van der Waals surface area contributed by atoms with Crippen LogP contribution in [0, 0.1) is 19.3 Å². The van der Waals surface area contributed by atoms with Gasteiger partial charge in [0.1, 0.15) is 0 Å². The number of hydrogen-bond acceptors (Lipinski definition) is 2. The Hall–Kier alpha value is -1.95. The summed E-state index contributed by atoms with van der Waals surface area (Å²) in [5, 5.41) is 8.85. The van der Waals surface area contributed by atoms with E-state index < -0.39 is 5.97 Å². The minimum atomic E-state index is -0.904. The van der Waals surface area contributed by atoms with Crippen molar-refractivity contribution in [2.45, 2.75) is 6.92 Å². The second-order valence-corrected chi connectivity index (χ2v) is 3.36. The van der Waals surface area contributed by atoms with Crippen molar-refractivity contribution in [3.63, 3.8) is 0 Å². The summed E-state index contributed by atoms with van der Waals surface area (Å²) in [6, 6.07) is 5.18. The summed E-state index contributed by atoms with van der Waals surface area (Å²) in [5.74, 6) is 1.63. The van der Waals surface area contributed by atoms with E-state index >= 15 is 0 Å². The van der Waals surface area contributed by atoms with Crippen molar-refractivity contribution < 1.29 is 9.90 Å². The number of rotatable bonds is 3. The van der Waals surface area contributed by atoms with E-state index in [4.69, 9.17) is 11.5 Å². The van der Waals surface area contributed by atoms with Gasteiger partial charge in [-0.2, -0.15) is 0 Å². The van der Waals surface area contributed by atoms with Crippen LogP contribution in [0.2, 0.25) is 0 Å². The monoisotopic (exact) mass is 203 g/mol. The number of benzene rings is 1. The van der Waals surface area contributed by atoms with E-state index in [1.165, 1.54) is 0 Å². The zero-order valence-corrected chi connectivity index (χ0v) is 8.82. The van der Waals surface area contributed by atoms with E-state index in [0.29, 0.717) is 12.1 Å². The van der Waals surface area contributed by atoms with Crippen molar-refractivity contribution in [1.82, 2.24) is 0 Å². The van der Waals surface area contributed by atoms with Crippen molar-refractivity contribution in [3.8, 4) is 12.3 Å². The van der Waals surface area contributed by atoms with E-state index in [1.807, 2.05) is 18.0 Å². The molecule has 0 saturated carbocycles. The third kappa shape index (κ3) is 2.50. The van der Waals surface area contributed by atoms with Gasteiger partial charge in [0.2, 0.25) is 0 Å². The Bertz CT molecular complexity index is 418. The molecule has 78 valence electrons. The van der Waals surface area contributed by atoms with Gasteiger partial charge in [-0.1, -0.05) is 5.92 Å². The van der Waals surface area contributed by atoms with E-state index in [9.17, 15) is 4.79 Å². The van der Waals surface area contributed by atoms with E-state index in [1.54, 1.807) is 19.1 Å². The molecule has 15 heavy (non-hydrogen) atoms. The lowest BCUT2D eigenvalue weighted by atomic mass is 10.1. The van der Waals surface area contributed by atoms with Crippen LogP contribution in [-0.2, 0) is 0 Å². The van der Waals surface area contributed by atoms with Gasteiger partial charge in [0.25, 0.3) is 0 Å².